The zero-order valence-corrected chi connectivity index (χ0v) is 7.76. The molecule has 0 atom stereocenters. The van der Waals surface area contributed by atoms with E-state index in [1.807, 2.05) is 0 Å². The van der Waals surface area contributed by atoms with Crippen LogP contribution in [0.2, 0.25) is 0 Å². The van der Waals surface area contributed by atoms with Gasteiger partial charge >= 0.3 is 0 Å². The van der Waals surface area contributed by atoms with Gasteiger partial charge in [0.2, 0.25) is 10.0 Å². The Balaban J connectivity index is 1.83. The topological polar surface area (TPSA) is 63.4 Å². The first-order valence-corrected chi connectivity index (χ1v) is 5.94. The van der Waals surface area contributed by atoms with Gasteiger partial charge in [-0.2, -0.15) is 0 Å². The summed E-state index contributed by atoms with van der Waals surface area (Å²) in [5.41, 5.74) is 0. The van der Waals surface area contributed by atoms with Crippen molar-refractivity contribution < 1.29 is 8.42 Å². The molecule has 2 aliphatic rings. The standard InChI is InChI=1S/C7H14N2O2S/c8-12(10,11)7-4-9(5-7)6-2-1-3-6/h6-7H,1-5H2,(H2,8,10,11). The minimum absolute atomic E-state index is 0.293. The van der Waals surface area contributed by atoms with Crippen molar-refractivity contribution in [1.82, 2.24) is 4.90 Å². The van der Waals surface area contributed by atoms with Gasteiger partial charge in [-0.15, -0.1) is 0 Å². The first-order valence-electron chi connectivity index (χ1n) is 4.33. The average molecular weight is 190 g/mol. The summed E-state index contributed by atoms with van der Waals surface area (Å²) in [4.78, 5) is 2.22. The van der Waals surface area contributed by atoms with Crippen molar-refractivity contribution in [3.63, 3.8) is 0 Å². The van der Waals surface area contributed by atoms with E-state index in [4.69, 9.17) is 5.14 Å². The fraction of sp³-hybridized carbons (Fsp3) is 1.00. The zero-order valence-electron chi connectivity index (χ0n) is 6.94. The van der Waals surface area contributed by atoms with Gasteiger partial charge in [-0.25, -0.2) is 13.6 Å². The summed E-state index contributed by atoms with van der Waals surface area (Å²) in [7, 11) is -3.26. The maximum Gasteiger partial charge on any atom is 0.214 e. The van der Waals surface area contributed by atoms with Gasteiger partial charge in [0.05, 0.1) is 0 Å². The van der Waals surface area contributed by atoms with Crippen LogP contribution < -0.4 is 5.14 Å². The fourth-order valence-electron chi connectivity index (χ4n) is 1.73. The second kappa shape index (κ2) is 2.68. The van der Waals surface area contributed by atoms with E-state index in [0.717, 1.165) is 0 Å². The molecule has 5 heteroatoms. The highest BCUT2D eigenvalue weighted by Gasteiger charge is 2.40. The molecule has 1 saturated heterocycles. The summed E-state index contributed by atoms with van der Waals surface area (Å²) < 4.78 is 21.7. The Morgan fingerprint density at radius 2 is 1.83 bits per heavy atom. The monoisotopic (exact) mass is 190 g/mol. The van der Waals surface area contributed by atoms with Crippen molar-refractivity contribution in [2.45, 2.75) is 30.6 Å². The van der Waals surface area contributed by atoms with Crippen LogP contribution in [0.4, 0.5) is 0 Å². The lowest BCUT2D eigenvalue weighted by molar-refractivity contribution is 0.0707. The number of likely N-dealkylation sites (tertiary alicyclic amines) is 1. The molecule has 0 aromatic rings. The third-order valence-electron chi connectivity index (χ3n) is 2.93. The predicted molar refractivity (Wildman–Crippen MR) is 46.1 cm³/mol. The molecular weight excluding hydrogens is 176 g/mol. The van der Waals surface area contributed by atoms with Crippen LogP contribution in [-0.2, 0) is 10.0 Å². The first kappa shape index (κ1) is 8.47. The summed E-state index contributed by atoms with van der Waals surface area (Å²) in [5, 5.41) is 4.71. The van der Waals surface area contributed by atoms with Crippen molar-refractivity contribution in [2.75, 3.05) is 13.1 Å². The van der Waals surface area contributed by atoms with E-state index in [-0.39, 0.29) is 5.25 Å². The zero-order chi connectivity index (χ0) is 8.77. The molecular formula is C7H14N2O2S. The molecule has 2 N–H and O–H groups in total. The molecule has 0 radical (unpaired) electrons. The number of primary sulfonamides is 1. The van der Waals surface area contributed by atoms with Gasteiger partial charge < -0.3 is 0 Å². The molecule has 1 saturated carbocycles. The van der Waals surface area contributed by atoms with Crippen LogP contribution in [-0.4, -0.2) is 37.7 Å². The van der Waals surface area contributed by atoms with Gasteiger partial charge in [0.1, 0.15) is 5.25 Å². The maximum atomic E-state index is 10.8. The highest BCUT2D eigenvalue weighted by Crippen LogP contribution is 2.29. The molecule has 2 rings (SSSR count). The smallest absolute Gasteiger partial charge is 0.214 e. The van der Waals surface area contributed by atoms with Crippen molar-refractivity contribution in [2.24, 2.45) is 5.14 Å². The lowest BCUT2D eigenvalue weighted by Gasteiger charge is -2.46. The predicted octanol–water partition coefficient (Wildman–Crippen LogP) is -0.488. The Labute approximate surface area is 72.8 Å². The van der Waals surface area contributed by atoms with Crippen LogP contribution in [0.15, 0.2) is 0 Å². The van der Waals surface area contributed by atoms with Crippen LogP contribution >= 0.6 is 0 Å². The van der Waals surface area contributed by atoms with Crippen molar-refractivity contribution in [3.8, 4) is 0 Å². The van der Waals surface area contributed by atoms with Gasteiger partial charge in [-0.1, -0.05) is 6.42 Å². The summed E-state index contributed by atoms with van der Waals surface area (Å²) in [6.45, 7) is 1.31. The Kier molecular flexibility index (Phi) is 1.89. The molecule has 70 valence electrons. The van der Waals surface area contributed by atoms with E-state index < -0.39 is 10.0 Å². The minimum atomic E-state index is -3.26. The van der Waals surface area contributed by atoms with Crippen LogP contribution in [0.5, 0.6) is 0 Å². The SMILES string of the molecule is NS(=O)(=O)C1CN(C2CCC2)C1. The van der Waals surface area contributed by atoms with E-state index in [0.29, 0.717) is 19.1 Å². The van der Waals surface area contributed by atoms with E-state index in [2.05, 4.69) is 4.90 Å². The van der Waals surface area contributed by atoms with Gasteiger partial charge in [0.15, 0.2) is 0 Å². The molecule has 1 aliphatic heterocycles. The molecule has 0 amide bonds. The summed E-state index contributed by atoms with van der Waals surface area (Å²) in [6.07, 6.45) is 3.76. The molecule has 0 bridgehead atoms. The van der Waals surface area contributed by atoms with Crippen molar-refractivity contribution in [3.05, 3.63) is 0 Å². The molecule has 2 fully saturated rings. The maximum absolute atomic E-state index is 10.8. The van der Waals surface area contributed by atoms with Gasteiger partial charge in [0, 0.05) is 19.1 Å². The minimum Gasteiger partial charge on any atom is -0.298 e. The van der Waals surface area contributed by atoms with Crippen LogP contribution in [0.3, 0.4) is 0 Å². The molecule has 4 nitrogen and oxygen atoms in total. The highest BCUT2D eigenvalue weighted by molar-refractivity contribution is 7.89. The number of nitrogens with two attached hydrogens (primary N) is 1. The largest absolute Gasteiger partial charge is 0.298 e. The number of hydrogen-bond acceptors (Lipinski definition) is 3. The molecule has 0 unspecified atom stereocenters. The molecule has 1 heterocycles. The van der Waals surface area contributed by atoms with Crippen molar-refractivity contribution in [1.29, 1.82) is 0 Å². The quantitative estimate of drug-likeness (QED) is 0.639. The Hall–Kier alpha value is -0.130. The number of hydrogen-bond donors (Lipinski definition) is 1. The molecule has 0 aromatic carbocycles. The summed E-state index contributed by atoms with van der Waals surface area (Å²) in [6, 6.07) is 0.656. The normalized spacial score (nSPS) is 28.1. The van der Waals surface area contributed by atoms with Crippen LogP contribution in [0.25, 0.3) is 0 Å². The molecule has 0 aromatic heterocycles. The van der Waals surface area contributed by atoms with E-state index in [1.165, 1.54) is 19.3 Å². The summed E-state index contributed by atoms with van der Waals surface area (Å²) >= 11 is 0. The van der Waals surface area contributed by atoms with E-state index in [1.54, 1.807) is 0 Å². The highest BCUT2D eigenvalue weighted by atomic mass is 32.2. The van der Waals surface area contributed by atoms with Crippen LogP contribution in [0.1, 0.15) is 19.3 Å². The fourth-order valence-corrected chi connectivity index (χ4v) is 2.53. The third-order valence-corrected chi connectivity index (χ3v) is 4.16. The van der Waals surface area contributed by atoms with E-state index in [9.17, 15) is 8.42 Å². The lowest BCUT2D eigenvalue weighted by Crippen LogP contribution is -2.61. The average Bonchev–Trinajstić information content (AvgIpc) is 1.67. The second-order valence-corrected chi connectivity index (χ2v) is 5.59. The molecule has 1 aliphatic carbocycles. The summed E-state index contributed by atoms with van der Waals surface area (Å²) in [5.74, 6) is 0. The number of nitrogens with zero attached hydrogens (tertiary/aromatic N) is 1. The number of rotatable bonds is 2. The van der Waals surface area contributed by atoms with E-state index >= 15 is 0 Å². The Bertz CT molecular complexity index is 265. The van der Waals surface area contributed by atoms with Gasteiger partial charge in [0.25, 0.3) is 0 Å². The van der Waals surface area contributed by atoms with Crippen molar-refractivity contribution >= 4 is 10.0 Å². The Morgan fingerprint density at radius 3 is 2.17 bits per heavy atom. The molecule has 12 heavy (non-hydrogen) atoms. The van der Waals surface area contributed by atoms with Gasteiger partial charge in [-0.05, 0) is 12.8 Å². The second-order valence-electron chi connectivity index (χ2n) is 3.75. The number of sulfonamides is 1. The Morgan fingerprint density at radius 1 is 1.25 bits per heavy atom. The lowest BCUT2D eigenvalue weighted by atomic mass is 9.89. The van der Waals surface area contributed by atoms with Crippen LogP contribution in [0, 0.1) is 0 Å². The van der Waals surface area contributed by atoms with Gasteiger partial charge in [-0.3, -0.25) is 4.90 Å². The third kappa shape index (κ3) is 1.36. The first-order chi connectivity index (χ1) is 5.57. The molecule has 0 spiro atoms.